The van der Waals surface area contributed by atoms with Crippen LogP contribution in [0.5, 0.6) is 0 Å². The fourth-order valence-corrected chi connectivity index (χ4v) is 3.96. The van der Waals surface area contributed by atoms with Crippen molar-refractivity contribution >= 4 is 28.8 Å². The van der Waals surface area contributed by atoms with Crippen molar-refractivity contribution in [2.75, 3.05) is 24.3 Å². The average Bonchev–Trinajstić information content (AvgIpc) is 2.60. The number of anilines is 2. The van der Waals surface area contributed by atoms with E-state index >= 15 is 0 Å². The van der Waals surface area contributed by atoms with Crippen molar-refractivity contribution in [3.63, 3.8) is 0 Å². The van der Waals surface area contributed by atoms with Crippen LogP contribution in [-0.4, -0.2) is 19.9 Å². The quantitative estimate of drug-likeness (QED) is 0.828. The molecule has 1 heterocycles. The summed E-state index contributed by atoms with van der Waals surface area (Å²) >= 11 is 6.08. The molecule has 1 aliphatic heterocycles. The fraction of sp³-hybridized carbons (Fsp3) is 0.286. The van der Waals surface area contributed by atoms with Gasteiger partial charge < -0.3 is 10.2 Å². The molecule has 1 N–H and O–H groups in total. The molecule has 3 nitrogen and oxygen atoms in total. The molecule has 0 saturated heterocycles. The van der Waals surface area contributed by atoms with Gasteiger partial charge in [-0.15, -0.1) is 0 Å². The predicted molar refractivity (Wildman–Crippen MR) is 104 cm³/mol. The Labute approximate surface area is 153 Å². The Bertz CT molecular complexity index is 868. The molecule has 2 aliphatic rings. The molecule has 1 unspecified atom stereocenters. The van der Waals surface area contributed by atoms with Crippen molar-refractivity contribution in [1.82, 2.24) is 0 Å². The molecule has 128 valence electrons. The van der Waals surface area contributed by atoms with E-state index in [2.05, 4.69) is 28.4 Å². The van der Waals surface area contributed by atoms with Crippen LogP contribution in [0, 0.1) is 0 Å². The second kappa shape index (κ2) is 6.23. The molecule has 1 aliphatic carbocycles. The molecule has 0 fully saturated rings. The Balaban J connectivity index is 1.90. The lowest BCUT2D eigenvalue weighted by molar-refractivity contribution is -0.116. The highest BCUT2D eigenvalue weighted by molar-refractivity contribution is 6.30. The topological polar surface area (TPSA) is 32.3 Å². The fourth-order valence-electron chi connectivity index (χ4n) is 3.83. The average molecular weight is 353 g/mol. The van der Waals surface area contributed by atoms with E-state index in [0.717, 1.165) is 46.6 Å². The van der Waals surface area contributed by atoms with Crippen LogP contribution in [0.2, 0.25) is 5.02 Å². The van der Waals surface area contributed by atoms with Crippen LogP contribution in [0.25, 0.3) is 0 Å². The third kappa shape index (κ3) is 2.83. The first-order valence-corrected chi connectivity index (χ1v) is 9.02. The SMILES string of the molecule is CN(C)c1ccc2c(c1)NC1=C(C(=O)CCC1)C2c1ccc(Cl)cc1. The maximum Gasteiger partial charge on any atom is 0.161 e. The smallest absolute Gasteiger partial charge is 0.161 e. The second-order valence-corrected chi connectivity index (χ2v) is 7.38. The van der Waals surface area contributed by atoms with Gasteiger partial charge in [0.2, 0.25) is 0 Å². The number of fused-ring (bicyclic) bond motifs is 1. The van der Waals surface area contributed by atoms with Crippen molar-refractivity contribution in [3.8, 4) is 0 Å². The Morgan fingerprint density at radius 2 is 1.84 bits per heavy atom. The van der Waals surface area contributed by atoms with E-state index in [9.17, 15) is 4.79 Å². The first-order chi connectivity index (χ1) is 12.0. The van der Waals surface area contributed by atoms with Crippen LogP contribution < -0.4 is 10.2 Å². The van der Waals surface area contributed by atoms with Gasteiger partial charge in [0.25, 0.3) is 0 Å². The minimum atomic E-state index is -0.0208. The number of Topliss-reactive ketones (excluding diaryl/α,β-unsaturated/α-hetero) is 1. The lowest BCUT2D eigenvalue weighted by Gasteiger charge is -2.34. The monoisotopic (exact) mass is 352 g/mol. The zero-order chi connectivity index (χ0) is 17.6. The summed E-state index contributed by atoms with van der Waals surface area (Å²) in [4.78, 5) is 14.8. The van der Waals surface area contributed by atoms with Crippen LogP contribution in [0.15, 0.2) is 53.7 Å². The summed E-state index contributed by atoms with van der Waals surface area (Å²) in [6.45, 7) is 0. The lowest BCUT2D eigenvalue weighted by Crippen LogP contribution is -2.27. The van der Waals surface area contributed by atoms with E-state index in [-0.39, 0.29) is 11.7 Å². The molecule has 2 aromatic carbocycles. The molecule has 4 rings (SSSR count). The molecular weight excluding hydrogens is 332 g/mol. The van der Waals surface area contributed by atoms with Gasteiger partial charge in [0, 0.05) is 54.1 Å². The summed E-state index contributed by atoms with van der Waals surface area (Å²) in [6.07, 6.45) is 2.48. The van der Waals surface area contributed by atoms with Crippen LogP contribution in [-0.2, 0) is 4.79 Å². The number of carbonyl (C=O) groups excluding carboxylic acids is 1. The van der Waals surface area contributed by atoms with Gasteiger partial charge in [-0.1, -0.05) is 29.8 Å². The molecule has 0 saturated carbocycles. The van der Waals surface area contributed by atoms with Gasteiger partial charge in [-0.05, 0) is 48.2 Å². The summed E-state index contributed by atoms with van der Waals surface area (Å²) in [6, 6.07) is 14.3. The van der Waals surface area contributed by atoms with E-state index < -0.39 is 0 Å². The zero-order valence-corrected chi connectivity index (χ0v) is 15.2. The largest absolute Gasteiger partial charge is 0.378 e. The number of benzene rings is 2. The number of allylic oxidation sites excluding steroid dienone is 2. The molecule has 1 atom stereocenters. The maximum absolute atomic E-state index is 12.7. The zero-order valence-electron chi connectivity index (χ0n) is 14.5. The van der Waals surface area contributed by atoms with E-state index in [1.165, 1.54) is 0 Å². The lowest BCUT2D eigenvalue weighted by atomic mass is 9.75. The Morgan fingerprint density at radius 1 is 1.08 bits per heavy atom. The van der Waals surface area contributed by atoms with Gasteiger partial charge >= 0.3 is 0 Å². The molecule has 2 aromatic rings. The van der Waals surface area contributed by atoms with Crippen LogP contribution in [0.1, 0.15) is 36.3 Å². The Kier molecular flexibility index (Phi) is 4.04. The third-order valence-electron chi connectivity index (χ3n) is 5.10. The molecule has 4 heteroatoms. The molecule has 0 radical (unpaired) electrons. The molecule has 0 amide bonds. The molecule has 0 aromatic heterocycles. The first-order valence-electron chi connectivity index (χ1n) is 8.64. The highest BCUT2D eigenvalue weighted by Gasteiger charge is 2.35. The molecular formula is C21H21ClN2O. The number of hydrogen-bond acceptors (Lipinski definition) is 3. The maximum atomic E-state index is 12.7. The van der Waals surface area contributed by atoms with Crippen molar-refractivity contribution in [3.05, 3.63) is 69.9 Å². The number of halogens is 1. The van der Waals surface area contributed by atoms with Crippen LogP contribution in [0.4, 0.5) is 11.4 Å². The number of rotatable bonds is 2. The number of nitrogens with one attached hydrogen (secondary N) is 1. The normalized spacial score (nSPS) is 19.2. The summed E-state index contributed by atoms with van der Waals surface area (Å²) < 4.78 is 0. The van der Waals surface area contributed by atoms with Gasteiger partial charge in [-0.2, -0.15) is 0 Å². The van der Waals surface area contributed by atoms with Crippen LogP contribution in [0.3, 0.4) is 0 Å². The van der Waals surface area contributed by atoms with Crippen molar-refractivity contribution in [1.29, 1.82) is 0 Å². The summed E-state index contributed by atoms with van der Waals surface area (Å²) in [5.74, 6) is 0.239. The first kappa shape index (κ1) is 16.2. The Morgan fingerprint density at radius 3 is 2.56 bits per heavy atom. The van der Waals surface area contributed by atoms with E-state index in [1.807, 2.05) is 38.4 Å². The Hall–Kier alpha value is -2.26. The molecule has 0 bridgehead atoms. The van der Waals surface area contributed by atoms with Gasteiger partial charge in [0.1, 0.15) is 0 Å². The minimum absolute atomic E-state index is 0.0208. The standard InChI is InChI=1S/C21H21ClN2O/c1-24(2)15-10-11-16-18(12-15)23-17-4-3-5-19(25)21(17)20(16)13-6-8-14(22)9-7-13/h6-12,20,23H,3-5H2,1-2H3. The number of ketones is 1. The van der Waals surface area contributed by atoms with Crippen molar-refractivity contribution in [2.45, 2.75) is 25.2 Å². The predicted octanol–water partition coefficient (Wildman–Crippen LogP) is 4.97. The third-order valence-corrected chi connectivity index (χ3v) is 5.35. The minimum Gasteiger partial charge on any atom is -0.378 e. The number of nitrogens with zero attached hydrogens (tertiary/aromatic N) is 1. The molecule has 25 heavy (non-hydrogen) atoms. The molecule has 0 spiro atoms. The van der Waals surface area contributed by atoms with Crippen molar-refractivity contribution in [2.24, 2.45) is 0 Å². The van der Waals surface area contributed by atoms with Gasteiger partial charge in [-0.3, -0.25) is 4.79 Å². The van der Waals surface area contributed by atoms with E-state index in [4.69, 9.17) is 11.6 Å². The summed E-state index contributed by atoms with van der Waals surface area (Å²) in [7, 11) is 4.08. The van der Waals surface area contributed by atoms with E-state index in [0.29, 0.717) is 11.4 Å². The van der Waals surface area contributed by atoms with E-state index in [1.54, 1.807) is 0 Å². The van der Waals surface area contributed by atoms with Gasteiger partial charge in [0.15, 0.2) is 5.78 Å². The summed E-state index contributed by atoms with van der Waals surface area (Å²) in [5.41, 5.74) is 6.53. The van der Waals surface area contributed by atoms with Crippen molar-refractivity contribution < 1.29 is 4.79 Å². The summed E-state index contributed by atoms with van der Waals surface area (Å²) in [5, 5.41) is 4.25. The van der Waals surface area contributed by atoms with Crippen LogP contribution >= 0.6 is 11.6 Å². The number of hydrogen-bond donors (Lipinski definition) is 1. The van der Waals surface area contributed by atoms with Gasteiger partial charge in [0.05, 0.1) is 0 Å². The number of carbonyl (C=O) groups is 1. The van der Waals surface area contributed by atoms with Gasteiger partial charge in [-0.25, -0.2) is 0 Å². The highest BCUT2D eigenvalue weighted by atomic mass is 35.5. The second-order valence-electron chi connectivity index (χ2n) is 6.94. The highest BCUT2D eigenvalue weighted by Crippen LogP contribution is 2.46.